The summed E-state index contributed by atoms with van der Waals surface area (Å²) in [5.41, 5.74) is 5.04. The van der Waals surface area contributed by atoms with E-state index in [1.165, 1.54) is 6.07 Å². The normalized spacial score (nSPS) is 23.0. The second kappa shape index (κ2) is 6.71. The summed E-state index contributed by atoms with van der Waals surface area (Å²) in [4.78, 5) is 27.4. The van der Waals surface area contributed by atoms with Gasteiger partial charge in [0.15, 0.2) is 11.5 Å². The largest absolute Gasteiger partial charge is 0.387 e. The number of fused-ring (bicyclic) bond motifs is 2. The van der Waals surface area contributed by atoms with Crippen LogP contribution in [0.1, 0.15) is 36.6 Å². The Morgan fingerprint density at radius 2 is 1.94 bits per heavy atom. The maximum atomic E-state index is 13.2. The molecule has 1 saturated carbocycles. The van der Waals surface area contributed by atoms with Gasteiger partial charge in [0.1, 0.15) is 7.05 Å². The maximum absolute atomic E-state index is 13.2. The van der Waals surface area contributed by atoms with Crippen molar-refractivity contribution in [1.29, 1.82) is 0 Å². The number of aliphatic hydroxyl groups excluding tert-OH is 1. The number of hydrogen-bond acceptors (Lipinski definition) is 4. The summed E-state index contributed by atoms with van der Waals surface area (Å²) in [5.74, 6) is -0.694. The van der Waals surface area contributed by atoms with Crippen LogP contribution in [0.4, 0.5) is 11.4 Å². The van der Waals surface area contributed by atoms with E-state index < -0.39 is 22.4 Å². The van der Waals surface area contributed by atoms with E-state index in [1.54, 1.807) is 18.2 Å². The minimum absolute atomic E-state index is 0.0359. The third-order valence-corrected chi connectivity index (χ3v) is 6.98. The molecule has 2 aliphatic rings. The SMILES string of the molecule is Cc1[nH]c2ccccc2c1C1C(=O)C(=CC2=[N+](C)c3ccc([N+](=O)[O-])cc3C2(C)C)C1O. The van der Waals surface area contributed by atoms with Crippen LogP contribution in [0.2, 0.25) is 0 Å². The van der Waals surface area contributed by atoms with Crippen LogP contribution in [0.25, 0.3) is 10.9 Å². The van der Waals surface area contributed by atoms with Gasteiger partial charge in [0.05, 0.1) is 22.4 Å². The number of non-ortho nitro benzene ring substituents is 1. The first-order valence-corrected chi connectivity index (χ1v) is 10.5. The van der Waals surface area contributed by atoms with Gasteiger partial charge in [0, 0.05) is 52.0 Å². The molecule has 32 heavy (non-hydrogen) atoms. The molecule has 0 amide bonds. The summed E-state index contributed by atoms with van der Waals surface area (Å²) < 4.78 is 1.94. The molecule has 1 aliphatic heterocycles. The van der Waals surface area contributed by atoms with Gasteiger partial charge in [-0.05, 0) is 32.4 Å². The quantitative estimate of drug-likeness (QED) is 0.283. The molecule has 0 spiro atoms. The number of nitrogens with zero attached hydrogens (tertiary/aromatic N) is 2. The minimum Gasteiger partial charge on any atom is -0.387 e. The Morgan fingerprint density at radius 1 is 1.22 bits per heavy atom. The lowest BCUT2D eigenvalue weighted by Crippen LogP contribution is -2.44. The van der Waals surface area contributed by atoms with Gasteiger partial charge in [-0.3, -0.25) is 14.9 Å². The van der Waals surface area contributed by atoms with Gasteiger partial charge < -0.3 is 10.1 Å². The number of aliphatic hydroxyl groups is 1. The molecule has 1 aromatic heterocycles. The highest BCUT2D eigenvalue weighted by molar-refractivity contribution is 6.16. The van der Waals surface area contributed by atoms with Crippen molar-refractivity contribution in [1.82, 2.24) is 4.98 Å². The average molecular weight is 430 g/mol. The number of aromatic nitrogens is 1. The smallest absolute Gasteiger partial charge is 0.270 e. The predicted molar refractivity (Wildman–Crippen MR) is 122 cm³/mol. The Kier molecular flexibility index (Phi) is 4.26. The van der Waals surface area contributed by atoms with Crippen molar-refractivity contribution in [3.05, 3.63) is 81.0 Å². The van der Waals surface area contributed by atoms with Crippen molar-refractivity contribution >= 4 is 33.8 Å². The average Bonchev–Trinajstić information content (AvgIpc) is 3.17. The van der Waals surface area contributed by atoms with Gasteiger partial charge in [0.25, 0.3) is 5.69 Å². The lowest BCUT2D eigenvalue weighted by Gasteiger charge is -2.34. The van der Waals surface area contributed by atoms with E-state index in [4.69, 9.17) is 0 Å². The predicted octanol–water partition coefficient (Wildman–Crippen LogP) is 4.04. The number of rotatable bonds is 3. The van der Waals surface area contributed by atoms with Gasteiger partial charge in [0.2, 0.25) is 5.69 Å². The van der Waals surface area contributed by atoms with Crippen LogP contribution in [0, 0.1) is 17.0 Å². The first-order valence-electron chi connectivity index (χ1n) is 10.5. The number of benzene rings is 2. The second-order valence-corrected chi connectivity index (χ2v) is 9.12. The number of Topliss-reactive ketones (excluding diaryl/α,β-unsaturated/α-hetero) is 1. The molecule has 3 aromatic rings. The number of para-hydroxylation sites is 1. The highest BCUT2D eigenvalue weighted by Crippen LogP contribution is 2.45. The van der Waals surface area contributed by atoms with E-state index in [-0.39, 0.29) is 11.5 Å². The Balaban J connectivity index is 1.54. The van der Waals surface area contributed by atoms with Crippen LogP contribution in [0.5, 0.6) is 0 Å². The number of aryl methyl sites for hydroxylation is 1. The molecule has 162 valence electrons. The summed E-state index contributed by atoms with van der Waals surface area (Å²) in [6.45, 7) is 5.87. The fourth-order valence-electron chi connectivity index (χ4n) is 5.24. The van der Waals surface area contributed by atoms with Crippen LogP contribution >= 0.6 is 0 Å². The van der Waals surface area contributed by atoms with E-state index in [1.807, 2.05) is 56.7 Å². The van der Waals surface area contributed by atoms with Crippen molar-refractivity contribution in [3.63, 3.8) is 0 Å². The first kappa shape index (κ1) is 20.3. The molecular formula is C25H24N3O4+. The number of H-pyrrole nitrogens is 1. The number of nitrogens with one attached hydrogen (secondary N) is 1. The number of carbonyl (C=O) groups is 1. The van der Waals surface area contributed by atoms with Gasteiger partial charge in [-0.2, -0.15) is 4.58 Å². The third kappa shape index (κ3) is 2.64. The molecule has 7 heteroatoms. The number of nitro groups is 1. The molecule has 7 nitrogen and oxygen atoms in total. The zero-order valence-corrected chi connectivity index (χ0v) is 18.3. The topological polar surface area (TPSA) is 99.2 Å². The molecule has 5 rings (SSSR count). The lowest BCUT2D eigenvalue weighted by atomic mass is 9.69. The first-order chi connectivity index (χ1) is 15.1. The van der Waals surface area contributed by atoms with Crippen LogP contribution < -0.4 is 0 Å². The standard InChI is InChI=1S/C25H23N3O4/c1-13-21(15-7-5-6-8-18(15)26-13)22-23(29)16(24(22)30)12-20-25(2,3)17-11-14(28(31)32)9-10-19(17)27(20)4/h5-12,22-23,29H,1-4H3/p+1. The fourth-order valence-corrected chi connectivity index (χ4v) is 5.24. The molecule has 2 aromatic carbocycles. The summed E-state index contributed by atoms with van der Waals surface area (Å²) in [5, 5.41) is 23.2. The maximum Gasteiger partial charge on any atom is 0.270 e. The summed E-state index contributed by atoms with van der Waals surface area (Å²) in [6, 6.07) is 12.6. The lowest BCUT2D eigenvalue weighted by molar-refractivity contribution is -0.402. The van der Waals surface area contributed by atoms with Crippen molar-refractivity contribution in [3.8, 4) is 0 Å². The highest BCUT2D eigenvalue weighted by atomic mass is 16.6. The van der Waals surface area contributed by atoms with Gasteiger partial charge in [-0.25, -0.2) is 0 Å². The molecule has 1 fully saturated rings. The van der Waals surface area contributed by atoms with Gasteiger partial charge in [-0.1, -0.05) is 18.2 Å². The number of allylic oxidation sites excluding steroid dienone is 1. The van der Waals surface area contributed by atoms with E-state index in [0.717, 1.165) is 39.1 Å². The number of aromatic amines is 1. The minimum atomic E-state index is -0.907. The van der Waals surface area contributed by atoms with Gasteiger partial charge >= 0.3 is 0 Å². The Morgan fingerprint density at radius 3 is 2.62 bits per heavy atom. The monoisotopic (exact) mass is 430 g/mol. The van der Waals surface area contributed by atoms with E-state index in [9.17, 15) is 20.0 Å². The van der Waals surface area contributed by atoms with Crippen molar-refractivity contribution in [2.45, 2.75) is 38.2 Å². The molecule has 2 N–H and O–H groups in total. The summed E-state index contributed by atoms with van der Waals surface area (Å²) in [7, 11) is 1.88. The van der Waals surface area contributed by atoms with Crippen LogP contribution in [-0.4, -0.2) is 44.2 Å². The van der Waals surface area contributed by atoms with Crippen LogP contribution in [0.15, 0.2) is 54.1 Å². The third-order valence-electron chi connectivity index (χ3n) is 6.98. The van der Waals surface area contributed by atoms with Crippen molar-refractivity contribution < 1.29 is 19.4 Å². The molecule has 2 heterocycles. The Bertz CT molecular complexity index is 1390. The Labute approximate surface area is 184 Å². The summed E-state index contributed by atoms with van der Waals surface area (Å²) in [6.07, 6.45) is 0.856. The Hall–Kier alpha value is -3.58. The van der Waals surface area contributed by atoms with Crippen molar-refractivity contribution in [2.75, 3.05) is 7.05 Å². The molecule has 2 unspecified atom stereocenters. The number of ketones is 1. The van der Waals surface area contributed by atoms with Crippen molar-refractivity contribution in [2.24, 2.45) is 0 Å². The molecule has 0 radical (unpaired) electrons. The fraction of sp³-hybridized carbons (Fsp3) is 0.280. The van der Waals surface area contributed by atoms with E-state index in [2.05, 4.69) is 4.98 Å². The highest BCUT2D eigenvalue weighted by Gasteiger charge is 2.50. The van der Waals surface area contributed by atoms with Gasteiger partial charge in [-0.15, -0.1) is 0 Å². The number of carbonyl (C=O) groups excluding carboxylic acids is 1. The molecule has 0 saturated heterocycles. The molecular weight excluding hydrogens is 406 g/mol. The number of nitro benzene ring substituents is 1. The molecule has 1 aliphatic carbocycles. The van der Waals surface area contributed by atoms with E-state index in [0.29, 0.717) is 5.57 Å². The number of hydrogen-bond donors (Lipinski definition) is 2. The molecule has 2 atom stereocenters. The van der Waals surface area contributed by atoms with Crippen LogP contribution in [0.3, 0.4) is 0 Å². The zero-order chi connectivity index (χ0) is 22.9. The summed E-state index contributed by atoms with van der Waals surface area (Å²) >= 11 is 0. The van der Waals surface area contributed by atoms with E-state index >= 15 is 0 Å². The zero-order valence-electron chi connectivity index (χ0n) is 18.3. The second-order valence-electron chi connectivity index (χ2n) is 9.12. The molecule has 0 bridgehead atoms. The van der Waals surface area contributed by atoms with Crippen LogP contribution in [-0.2, 0) is 10.2 Å².